The molecule has 0 spiro atoms. The summed E-state index contributed by atoms with van der Waals surface area (Å²) in [6, 6.07) is 9.80. The van der Waals surface area contributed by atoms with Crippen LogP contribution in [-0.4, -0.2) is 0 Å². The van der Waals surface area contributed by atoms with E-state index in [-0.39, 0.29) is 23.7 Å². The molecule has 2 aromatic carbocycles. The van der Waals surface area contributed by atoms with Crippen molar-refractivity contribution in [2.45, 2.75) is 78.2 Å². The maximum atomic E-state index is 14.8. The van der Waals surface area contributed by atoms with E-state index < -0.39 is 23.3 Å². The summed E-state index contributed by atoms with van der Waals surface area (Å²) in [7, 11) is 0. The molecule has 0 bridgehead atoms. The highest BCUT2D eigenvalue weighted by atomic mass is 19.2. The van der Waals surface area contributed by atoms with Gasteiger partial charge in [0, 0.05) is 11.1 Å². The summed E-state index contributed by atoms with van der Waals surface area (Å²) in [4.78, 5) is 0. The maximum absolute atomic E-state index is 14.8. The van der Waals surface area contributed by atoms with Gasteiger partial charge in [-0.2, -0.15) is 0 Å². The Bertz CT molecular complexity index is 1010. The number of hydrogen-bond acceptors (Lipinski definition) is 1. The van der Waals surface area contributed by atoms with Crippen molar-refractivity contribution in [3.8, 4) is 5.75 Å². The molecule has 0 saturated heterocycles. The number of allylic oxidation sites excluding steroid dienone is 4. The Labute approximate surface area is 200 Å². The lowest BCUT2D eigenvalue weighted by molar-refractivity contribution is 0.295. The largest absolute Gasteiger partial charge is 0.489 e. The average molecular weight is 475 g/mol. The Morgan fingerprint density at radius 3 is 2.26 bits per heavy atom. The van der Waals surface area contributed by atoms with Gasteiger partial charge in [-0.3, -0.25) is 0 Å². The summed E-state index contributed by atoms with van der Waals surface area (Å²) in [6.07, 6.45) is 8.01. The Morgan fingerprint density at radius 2 is 1.65 bits per heavy atom. The molecule has 0 unspecified atom stereocenters. The first kappa shape index (κ1) is 26.1. The molecule has 1 saturated carbocycles. The van der Waals surface area contributed by atoms with Gasteiger partial charge in [0.2, 0.25) is 0 Å². The van der Waals surface area contributed by atoms with Crippen LogP contribution in [0.15, 0.2) is 54.1 Å². The monoisotopic (exact) mass is 474 g/mol. The second-order valence-corrected chi connectivity index (χ2v) is 9.32. The molecule has 1 aliphatic carbocycles. The van der Waals surface area contributed by atoms with Gasteiger partial charge in [0.15, 0.2) is 17.5 Å². The number of ether oxygens (including phenoxy) is 1. The fourth-order valence-electron chi connectivity index (χ4n) is 4.46. The lowest BCUT2D eigenvalue weighted by Crippen LogP contribution is -2.13. The van der Waals surface area contributed by atoms with E-state index in [2.05, 4.69) is 6.92 Å². The Morgan fingerprint density at radius 1 is 0.971 bits per heavy atom. The van der Waals surface area contributed by atoms with E-state index >= 15 is 0 Å². The average Bonchev–Trinajstić information content (AvgIpc) is 2.83. The van der Waals surface area contributed by atoms with Crippen LogP contribution in [0.1, 0.15) is 88.3 Å². The number of benzene rings is 2. The number of hydrogen-bond donors (Lipinski definition) is 0. The molecule has 1 fully saturated rings. The van der Waals surface area contributed by atoms with Crippen molar-refractivity contribution in [1.29, 1.82) is 0 Å². The molecule has 0 heterocycles. The zero-order valence-electron chi connectivity index (χ0n) is 20.3. The summed E-state index contributed by atoms with van der Waals surface area (Å²) in [5.41, 5.74) is 1.34. The van der Waals surface area contributed by atoms with Gasteiger partial charge in [0.1, 0.15) is 18.2 Å². The molecule has 3 rings (SSSR count). The number of unbranched alkanes of at least 4 members (excludes halogenated alkanes) is 2. The van der Waals surface area contributed by atoms with Gasteiger partial charge in [0.25, 0.3) is 0 Å². The Balaban J connectivity index is 1.69. The van der Waals surface area contributed by atoms with Crippen LogP contribution < -0.4 is 4.74 Å². The lowest BCUT2D eigenvalue weighted by Gasteiger charge is -2.27. The molecule has 0 atom stereocenters. The van der Waals surface area contributed by atoms with Gasteiger partial charge in [-0.1, -0.05) is 69.9 Å². The third kappa shape index (κ3) is 6.52. The van der Waals surface area contributed by atoms with E-state index in [4.69, 9.17) is 4.74 Å². The zero-order chi connectivity index (χ0) is 24.7. The minimum atomic E-state index is -0.880. The summed E-state index contributed by atoms with van der Waals surface area (Å²) >= 11 is 0. The molecule has 0 N–H and O–H groups in total. The van der Waals surface area contributed by atoms with Crippen molar-refractivity contribution in [3.63, 3.8) is 0 Å². The third-order valence-corrected chi connectivity index (χ3v) is 6.65. The summed E-state index contributed by atoms with van der Waals surface area (Å²) in [5, 5.41) is 0. The van der Waals surface area contributed by atoms with Crippen LogP contribution >= 0.6 is 0 Å². The molecule has 0 radical (unpaired) electrons. The fraction of sp³-hybridized carbons (Fsp3) is 0.448. The van der Waals surface area contributed by atoms with Crippen molar-refractivity contribution >= 4 is 5.57 Å². The van der Waals surface area contributed by atoms with Crippen LogP contribution in [0.5, 0.6) is 5.75 Å². The molecular formula is C29H34F4O. The quantitative estimate of drug-likeness (QED) is 0.200. The molecule has 0 aliphatic heterocycles. The van der Waals surface area contributed by atoms with Crippen molar-refractivity contribution in [1.82, 2.24) is 0 Å². The predicted octanol–water partition coefficient (Wildman–Crippen LogP) is 9.58. The SMILES string of the molecule is CCCC/C=C(\C(F)=C(/C)F)c1ccc(OCc2ccc(C3CCC(C)CC3)c(F)c2F)cc1. The summed E-state index contributed by atoms with van der Waals surface area (Å²) < 4.78 is 63.1. The van der Waals surface area contributed by atoms with Gasteiger partial charge in [-0.15, -0.1) is 0 Å². The van der Waals surface area contributed by atoms with E-state index in [1.807, 2.05) is 6.92 Å². The van der Waals surface area contributed by atoms with Crippen molar-refractivity contribution < 1.29 is 22.3 Å². The normalized spacial score (nSPS) is 19.7. The van der Waals surface area contributed by atoms with Crippen LogP contribution in [0.3, 0.4) is 0 Å². The lowest BCUT2D eigenvalue weighted by atomic mass is 9.79. The number of halogens is 4. The molecule has 0 amide bonds. The van der Waals surface area contributed by atoms with E-state index in [1.165, 1.54) is 0 Å². The van der Waals surface area contributed by atoms with Gasteiger partial charge in [-0.25, -0.2) is 17.6 Å². The molecule has 1 nitrogen and oxygen atoms in total. The molecule has 0 aromatic heterocycles. The predicted molar refractivity (Wildman–Crippen MR) is 130 cm³/mol. The first-order chi connectivity index (χ1) is 16.3. The van der Waals surface area contributed by atoms with Gasteiger partial charge in [0.05, 0.1) is 0 Å². The molecule has 1 aliphatic rings. The highest BCUT2D eigenvalue weighted by molar-refractivity contribution is 5.77. The van der Waals surface area contributed by atoms with Crippen molar-refractivity contribution in [3.05, 3.63) is 82.5 Å². The van der Waals surface area contributed by atoms with Gasteiger partial charge in [-0.05, 0) is 61.3 Å². The van der Waals surface area contributed by atoms with Crippen molar-refractivity contribution in [2.75, 3.05) is 0 Å². The Kier molecular flexibility index (Phi) is 9.37. The van der Waals surface area contributed by atoms with E-state index in [0.717, 1.165) is 45.4 Å². The minimum Gasteiger partial charge on any atom is -0.489 e. The van der Waals surface area contributed by atoms with Crippen molar-refractivity contribution in [2.24, 2.45) is 5.92 Å². The van der Waals surface area contributed by atoms with Crippen LogP contribution in [0.25, 0.3) is 5.57 Å². The zero-order valence-corrected chi connectivity index (χ0v) is 20.3. The second-order valence-electron chi connectivity index (χ2n) is 9.32. The second kappa shape index (κ2) is 12.2. The molecule has 184 valence electrons. The topological polar surface area (TPSA) is 9.23 Å². The van der Waals surface area contributed by atoms with Gasteiger partial charge >= 0.3 is 0 Å². The van der Waals surface area contributed by atoms with Crippen LogP contribution in [0.4, 0.5) is 17.6 Å². The third-order valence-electron chi connectivity index (χ3n) is 6.65. The maximum Gasteiger partial charge on any atom is 0.165 e. The molecular weight excluding hydrogens is 440 g/mol. The first-order valence-corrected chi connectivity index (χ1v) is 12.2. The van der Waals surface area contributed by atoms with Crippen LogP contribution in [0.2, 0.25) is 0 Å². The fourth-order valence-corrected chi connectivity index (χ4v) is 4.46. The van der Waals surface area contributed by atoms with Crippen LogP contribution in [0, 0.1) is 17.6 Å². The standard InChI is InChI=1S/C29H34F4O/c1-4-5-6-7-25(27(31)20(3)30)22-12-15-24(16-13-22)34-18-23-14-17-26(29(33)28(23)32)21-10-8-19(2)9-11-21/h7,12-17,19,21H,4-6,8-11,18H2,1-3H3/b25-7-,27-20-. The summed E-state index contributed by atoms with van der Waals surface area (Å²) in [5.74, 6) is -2.25. The minimum absolute atomic E-state index is 0.0650. The first-order valence-electron chi connectivity index (χ1n) is 12.2. The van der Waals surface area contributed by atoms with E-state index in [0.29, 0.717) is 29.2 Å². The highest BCUT2D eigenvalue weighted by Crippen LogP contribution is 2.37. The summed E-state index contributed by atoms with van der Waals surface area (Å²) in [6.45, 7) is 5.19. The smallest absolute Gasteiger partial charge is 0.165 e. The number of rotatable bonds is 9. The van der Waals surface area contributed by atoms with E-state index in [1.54, 1.807) is 42.5 Å². The highest BCUT2D eigenvalue weighted by Gasteiger charge is 2.24. The molecule has 2 aromatic rings. The Hall–Kier alpha value is -2.56. The molecule has 5 heteroatoms. The van der Waals surface area contributed by atoms with Gasteiger partial charge < -0.3 is 4.74 Å². The van der Waals surface area contributed by atoms with Crippen LogP contribution in [-0.2, 0) is 6.61 Å². The van der Waals surface area contributed by atoms with E-state index in [9.17, 15) is 17.6 Å². The molecule has 34 heavy (non-hydrogen) atoms.